The predicted molar refractivity (Wildman–Crippen MR) is 309 cm³/mol. The van der Waals surface area contributed by atoms with Crippen LogP contribution in [0.2, 0.25) is 0 Å². The van der Waals surface area contributed by atoms with Crippen molar-refractivity contribution >= 4 is 18.3 Å². The Morgan fingerprint density at radius 1 is 0.675 bits per heavy atom. The van der Waals surface area contributed by atoms with Crippen molar-refractivity contribution < 1.29 is 89.2 Å². The first-order valence-corrected chi connectivity index (χ1v) is 28.6. The molecule has 11 N–H and O–H groups in total. The molecule has 0 aromatic heterocycles. The van der Waals surface area contributed by atoms with Crippen molar-refractivity contribution in [2.45, 2.75) is 182 Å². The molecule has 0 radical (unpaired) electrons. The average Bonchev–Trinajstić information content (AvgIpc) is 3.82. The standard InChI is InChI=1S/C63H86N2O18/c1-38-22-16-14-12-10-8-6-7-9-11-13-15-17-23-45(82-61-60(75)57(59(74)41(4)81-61)65-62(76)79-37-51-48-26-20-18-24-46(48)47-25-19-21-27-49(47)51)33-55-50(36-64-78-5)54(71)35-63(77,83-55)34-44(68)31-53(70)52(69)29-28-42(66)30-43(67)32-56(72)80-40(3)39(2)58(38)73/h6-27,36,38-45,50-55,57-61,66-71,73-75,77H,28-35,37H2,1-5H3,(H,65,76)/b7-6+,10-8+,11-9+,14-12+,15-13+,22-16+,23-17+,64-36-/t38-,39-,40-,41+,42+,43+,44-,45-,50+,52+,53+,54-,55-,57-,58+,59+,60-,61-,63+/m0/s1. The minimum atomic E-state index is -2.23. The lowest BCUT2D eigenvalue weighted by Crippen LogP contribution is -2.64. The molecule has 83 heavy (non-hydrogen) atoms. The third kappa shape index (κ3) is 19.7. The van der Waals surface area contributed by atoms with Gasteiger partial charge in [0.15, 0.2) is 12.1 Å². The average molecular weight is 1160 g/mol. The number of esters is 1. The topological polar surface area (TPSA) is 316 Å². The third-order valence-electron chi connectivity index (χ3n) is 15.7. The quantitative estimate of drug-likeness (QED) is 0.100. The van der Waals surface area contributed by atoms with Gasteiger partial charge in [-0.25, -0.2) is 4.79 Å². The Balaban J connectivity index is 1.20. The molecule has 1 aliphatic carbocycles. The number of nitrogens with zero attached hydrogens (tertiary/aromatic N) is 1. The number of nitrogens with one attached hydrogen (secondary N) is 1. The van der Waals surface area contributed by atoms with Gasteiger partial charge < -0.3 is 84.9 Å². The van der Waals surface area contributed by atoms with Gasteiger partial charge in [0.1, 0.15) is 32.0 Å². The molecule has 2 saturated heterocycles. The van der Waals surface area contributed by atoms with Crippen LogP contribution in [-0.2, 0) is 33.3 Å². The number of hydrogen-bond acceptors (Lipinski definition) is 19. The monoisotopic (exact) mass is 1160 g/mol. The van der Waals surface area contributed by atoms with Crippen molar-refractivity contribution in [2.24, 2.45) is 22.9 Å². The molecule has 3 aliphatic heterocycles. The van der Waals surface area contributed by atoms with Crippen molar-refractivity contribution in [1.29, 1.82) is 0 Å². The van der Waals surface area contributed by atoms with Crippen molar-refractivity contribution in [1.82, 2.24) is 5.32 Å². The van der Waals surface area contributed by atoms with Crippen LogP contribution in [0, 0.1) is 17.8 Å². The van der Waals surface area contributed by atoms with Crippen molar-refractivity contribution in [3.63, 3.8) is 0 Å². The van der Waals surface area contributed by atoms with E-state index >= 15 is 0 Å². The molecule has 1 amide bonds. The lowest BCUT2D eigenvalue weighted by atomic mass is 9.83. The van der Waals surface area contributed by atoms with E-state index in [2.05, 4.69) is 10.5 Å². The molecule has 2 aromatic carbocycles. The second kappa shape index (κ2) is 32.6. The fourth-order valence-electron chi connectivity index (χ4n) is 10.9. The number of rotatable bonds is 7. The van der Waals surface area contributed by atoms with Crippen LogP contribution in [0.4, 0.5) is 4.79 Å². The van der Waals surface area contributed by atoms with Gasteiger partial charge in [-0.05, 0) is 55.4 Å². The molecular weight excluding hydrogens is 1070 g/mol. The highest BCUT2D eigenvalue weighted by Crippen LogP contribution is 2.45. The fraction of sp³-hybridized carbons (Fsp3) is 0.540. The lowest BCUT2D eigenvalue weighted by molar-refractivity contribution is -0.304. The van der Waals surface area contributed by atoms with Gasteiger partial charge in [0, 0.05) is 43.4 Å². The number of alkyl carbamates (subject to hydrolysis) is 1. The van der Waals surface area contributed by atoms with Crippen molar-refractivity contribution in [3.8, 4) is 11.1 Å². The van der Waals surface area contributed by atoms with Gasteiger partial charge >= 0.3 is 12.1 Å². The molecule has 0 spiro atoms. The van der Waals surface area contributed by atoms with Gasteiger partial charge in [-0.15, -0.1) is 0 Å². The van der Waals surface area contributed by atoms with E-state index in [0.29, 0.717) is 0 Å². The maximum Gasteiger partial charge on any atom is 0.407 e. The lowest BCUT2D eigenvalue weighted by Gasteiger charge is -2.45. The van der Waals surface area contributed by atoms with Gasteiger partial charge in [-0.2, -0.15) is 0 Å². The molecule has 19 atom stereocenters. The minimum absolute atomic E-state index is 0.0256. The smallest absolute Gasteiger partial charge is 0.407 e. The van der Waals surface area contributed by atoms with E-state index in [0.717, 1.165) is 22.3 Å². The SMILES string of the molecule is CO/N=C\[C@H]1[C@@H]2C[C@@H](O[C@@H]3O[C@H](C)[C@@H](O)[C@H](NC(=O)OCC4c5ccccc5-c5ccccc54)[C@@H]3O)/C=C/C=C/C=C/C=C/C=C/C=C/C=C/[C@H](C)[C@@H](O)[C@@H](C)[C@H](C)OC(=O)C[C@H](O)C[C@H](O)CC[C@@H](O)[C@H](O)C[C@H](O)C[C@](O)(C[C@@H]1O)O2. The van der Waals surface area contributed by atoms with Crippen LogP contribution < -0.4 is 5.32 Å². The van der Waals surface area contributed by atoms with Gasteiger partial charge in [-0.3, -0.25) is 4.79 Å². The van der Waals surface area contributed by atoms with E-state index in [1.807, 2.05) is 98.0 Å². The Morgan fingerprint density at radius 3 is 1.88 bits per heavy atom. The van der Waals surface area contributed by atoms with Crippen LogP contribution in [0.15, 0.2) is 139 Å². The first-order valence-electron chi connectivity index (χ1n) is 28.6. The zero-order valence-electron chi connectivity index (χ0n) is 47.8. The number of amides is 1. The number of ether oxygens (including phenoxy) is 5. The molecule has 2 bridgehead atoms. The maximum absolute atomic E-state index is 13.5. The number of aliphatic hydroxyl groups excluding tert-OH is 9. The second-order valence-electron chi connectivity index (χ2n) is 22.1. The van der Waals surface area contributed by atoms with E-state index in [1.54, 1.807) is 63.3 Å². The molecule has 2 fully saturated rings. The molecule has 456 valence electrons. The molecule has 20 nitrogen and oxygen atoms in total. The molecule has 0 saturated carbocycles. The molecule has 20 heteroatoms. The number of hydrogen-bond donors (Lipinski definition) is 11. The number of allylic oxidation sites excluding steroid dienone is 12. The van der Waals surface area contributed by atoms with Crippen LogP contribution in [0.5, 0.6) is 0 Å². The number of aliphatic hydroxyl groups is 10. The van der Waals surface area contributed by atoms with Gasteiger partial charge in [-0.1, -0.05) is 153 Å². The summed E-state index contributed by atoms with van der Waals surface area (Å²) in [6.07, 6.45) is 5.04. The Bertz CT molecular complexity index is 2560. The van der Waals surface area contributed by atoms with Crippen molar-refractivity contribution in [2.75, 3.05) is 13.7 Å². The van der Waals surface area contributed by atoms with E-state index in [4.69, 9.17) is 28.5 Å². The molecule has 0 unspecified atom stereocenters. The number of carbonyl (C=O) groups is 2. The van der Waals surface area contributed by atoms with Crippen LogP contribution >= 0.6 is 0 Å². The normalized spacial score (nSPS) is 38.7. The molecule has 6 rings (SSSR count). The Kier molecular flexibility index (Phi) is 26.1. The number of carbonyl (C=O) groups excluding carboxylic acids is 2. The number of benzene rings is 2. The summed E-state index contributed by atoms with van der Waals surface area (Å²) < 4.78 is 30.1. The van der Waals surface area contributed by atoms with E-state index in [9.17, 15) is 60.7 Å². The first kappa shape index (κ1) is 66.4. The zero-order chi connectivity index (χ0) is 60.2. The van der Waals surface area contributed by atoms with Crippen LogP contribution in [0.1, 0.15) is 96.1 Å². The summed E-state index contributed by atoms with van der Waals surface area (Å²) in [6, 6.07) is 14.4. The predicted octanol–water partition coefficient (Wildman–Crippen LogP) is 4.84. The van der Waals surface area contributed by atoms with Crippen molar-refractivity contribution in [3.05, 3.63) is 145 Å². The Labute approximate surface area is 486 Å². The summed E-state index contributed by atoms with van der Waals surface area (Å²) >= 11 is 0. The van der Waals surface area contributed by atoms with E-state index in [-0.39, 0.29) is 44.1 Å². The number of oxime groups is 1. The largest absolute Gasteiger partial charge is 0.462 e. The van der Waals surface area contributed by atoms with Crippen LogP contribution in [0.3, 0.4) is 0 Å². The summed E-state index contributed by atoms with van der Waals surface area (Å²) in [5.41, 5.74) is 4.07. The Morgan fingerprint density at radius 2 is 1.27 bits per heavy atom. The summed E-state index contributed by atoms with van der Waals surface area (Å²) in [5, 5.41) is 119. The van der Waals surface area contributed by atoms with Crippen LogP contribution in [0.25, 0.3) is 11.1 Å². The summed E-state index contributed by atoms with van der Waals surface area (Å²) in [7, 11) is 1.30. The summed E-state index contributed by atoms with van der Waals surface area (Å²) in [5.74, 6) is -4.90. The molecular formula is C63H86N2O18. The second-order valence-corrected chi connectivity index (χ2v) is 22.1. The highest BCUT2D eigenvalue weighted by Gasteiger charge is 2.49. The zero-order valence-corrected chi connectivity index (χ0v) is 47.8. The van der Waals surface area contributed by atoms with E-state index in [1.165, 1.54) is 13.3 Å². The van der Waals surface area contributed by atoms with Gasteiger partial charge in [0.2, 0.25) is 0 Å². The maximum atomic E-state index is 13.5. The number of fused-ring (bicyclic) bond motifs is 5. The molecule has 3 heterocycles. The minimum Gasteiger partial charge on any atom is -0.462 e. The van der Waals surface area contributed by atoms with Gasteiger partial charge in [0.05, 0.1) is 85.6 Å². The molecule has 4 aliphatic rings. The third-order valence-corrected chi connectivity index (χ3v) is 15.7. The highest BCUT2D eigenvalue weighted by molar-refractivity contribution is 5.79. The van der Waals surface area contributed by atoms with Crippen LogP contribution in [-0.4, -0.2) is 181 Å². The number of cyclic esters (lactones) is 1. The first-order chi connectivity index (χ1) is 39.7. The summed E-state index contributed by atoms with van der Waals surface area (Å²) in [6.45, 7) is 6.76. The Hall–Kier alpha value is -5.69. The van der Waals surface area contributed by atoms with Gasteiger partial charge in [0.25, 0.3) is 0 Å². The van der Waals surface area contributed by atoms with E-state index < -0.39 is 147 Å². The highest BCUT2D eigenvalue weighted by atomic mass is 16.7. The fourth-order valence-corrected chi connectivity index (χ4v) is 10.9. The molecule has 2 aromatic rings. The summed E-state index contributed by atoms with van der Waals surface area (Å²) in [4.78, 5) is 31.2.